The van der Waals surface area contributed by atoms with Gasteiger partial charge >= 0.3 is 0 Å². The minimum Gasteiger partial charge on any atom is -0.330 e. The highest BCUT2D eigenvalue weighted by molar-refractivity contribution is 5.16. The van der Waals surface area contributed by atoms with Gasteiger partial charge in [0.15, 0.2) is 0 Å². The van der Waals surface area contributed by atoms with E-state index in [4.69, 9.17) is 5.73 Å². The number of nitrogens with two attached hydrogens (primary N) is 1. The lowest BCUT2D eigenvalue weighted by Gasteiger charge is -2.34. The highest BCUT2D eigenvalue weighted by Gasteiger charge is 2.15. The van der Waals surface area contributed by atoms with E-state index in [-0.39, 0.29) is 5.82 Å². The third-order valence-corrected chi connectivity index (χ3v) is 3.97. The number of nitrogens with zero attached hydrogens (tertiary/aromatic N) is 2. The van der Waals surface area contributed by atoms with Crippen LogP contribution in [0.1, 0.15) is 18.4 Å². The smallest absolute Gasteiger partial charge is 0.123 e. The van der Waals surface area contributed by atoms with E-state index >= 15 is 0 Å². The zero-order valence-corrected chi connectivity index (χ0v) is 12.2. The predicted molar refractivity (Wildman–Crippen MR) is 81.3 cm³/mol. The molecule has 1 aliphatic heterocycles. The number of rotatable bonds is 7. The number of halogens is 1. The average molecular weight is 279 g/mol. The largest absolute Gasteiger partial charge is 0.330 e. The summed E-state index contributed by atoms with van der Waals surface area (Å²) in [5, 5.41) is 0. The second-order valence-corrected chi connectivity index (χ2v) is 5.56. The maximum absolute atomic E-state index is 13.1. The van der Waals surface area contributed by atoms with Gasteiger partial charge in [-0.25, -0.2) is 4.39 Å². The molecule has 0 saturated carbocycles. The average Bonchev–Trinajstić information content (AvgIpc) is 2.46. The van der Waals surface area contributed by atoms with Crippen LogP contribution in [0.15, 0.2) is 24.3 Å². The Morgan fingerprint density at radius 3 is 2.25 bits per heavy atom. The predicted octanol–water partition coefficient (Wildman–Crippen LogP) is 1.72. The Kier molecular flexibility index (Phi) is 6.43. The second kappa shape index (κ2) is 8.35. The first-order chi connectivity index (χ1) is 9.78. The molecule has 112 valence electrons. The summed E-state index contributed by atoms with van der Waals surface area (Å²) < 4.78 is 13.1. The fraction of sp³-hybridized carbons (Fsp3) is 0.625. The molecule has 1 aromatic rings. The van der Waals surface area contributed by atoms with Gasteiger partial charge in [0.1, 0.15) is 5.82 Å². The lowest BCUT2D eigenvalue weighted by atomic mass is 10.1. The molecule has 0 amide bonds. The highest BCUT2D eigenvalue weighted by atomic mass is 19.1. The second-order valence-electron chi connectivity index (χ2n) is 5.56. The van der Waals surface area contributed by atoms with E-state index in [1.807, 2.05) is 6.07 Å². The van der Waals surface area contributed by atoms with Crippen molar-refractivity contribution in [3.05, 3.63) is 35.6 Å². The molecule has 0 aromatic heterocycles. The molecule has 0 spiro atoms. The standard InChI is InChI=1S/C16H26FN3/c17-16-6-1-4-15(14-16)5-2-8-19-10-12-20(13-11-19)9-3-7-18/h1,4,6,14H,2-3,5,7-13,18H2. The van der Waals surface area contributed by atoms with Gasteiger partial charge in [0, 0.05) is 26.2 Å². The van der Waals surface area contributed by atoms with Gasteiger partial charge in [-0.3, -0.25) is 0 Å². The Balaban J connectivity index is 1.61. The van der Waals surface area contributed by atoms with Crippen LogP contribution in [0, 0.1) is 5.82 Å². The van der Waals surface area contributed by atoms with Crippen LogP contribution in [-0.4, -0.2) is 55.6 Å². The SMILES string of the molecule is NCCCN1CCN(CCCc2cccc(F)c2)CC1. The Labute approximate surface area is 121 Å². The van der Waals surface area contributed by atoms with E-state index in [1.165, 1.54) is 6.07 Å². The van der Waals surface area contributed by atoms with Crippen molar-refractivity contribution < 1.29 is 4.39 Å². The molecule has 2 N–H and O–H groups in total. The zero-order chi connectivity index (χ0) is 14.2. The van der Waals surface area contributed by atoms with Gasteiger partial charge < -0.3 is 15.5 Å². The van der Waals surface area contributed by atoms with Crippen LogP contribution < -0.4 is 5.73 Å². The van der Waals surface area contributed by atoms with Gasteiger partial charge in [-0.2, -0.15) is 0 Å². The van der Waals surface area contributed by atoms with Crippen LogP contribution in [0.4, 0.5) is 4.39 Å². The molecule has 20 heavy (non-hydrogen) atoms. The number of benzene rings is 1. The lowest BCUT2D eigenvalue weighted by Crippen LogP contribution is -2.47. The number of hydrogen-bond donors (Lipinski definition) is 1. The van der Waals surface area contributed by atoms with E-state index in [2.05, 4.69) is 9.80 Å². The van der Waals surface area contributed by atoms with E-state index in [0.29, 0.717) is 0 Å². The number of aryl methyl sites for hydroxylation is 1. The Morgan fingerprint density at radius 2 is 1.65 bits per heavy atom. The van der Waals surface area contributed by atoms with Crippen LogP contribution in [-0.2, 0) is 6.42 Å². The minimum atomic E-state index is -0.129. The van der Waals surface area contributed by atoms with Crippen molar-refractivity contribution in [3.63, 3.8) is 0 Å². The summed E-state index contributed by atoms with van der Waals surface area (Å²) in [4.78, 5) is 5.01. The van der Waals surface area contributed by atoms with Crippen molar-refractivity contribution in [2.75, 3.05) is 45.8 Å². The fourth-order valence-electron chi connectivity index (χ4n) is 2.75. The molecule has 1 heterocycles. The van der Waals surface area contributed by atoms with Crippen molar-refractivity contribution >= 4 is 0 Å². The van der Waals surface area contributed by atoms with Gasteiger partial charge in [0.05, 0.1) is 0 Å². The number of piperazine rings is 1. The zero-order valence-electron chi connectivity index (χ0n) is 12.2. The molecule has 0 aliphatic carbocycles. The summed E-state index contributed by atoms with van der Waals surface area (Å²) in [6.45, 7) is 7.63. The van der Waals surface area contributed by atoms with Crippen molar-refractivity contribution in [2.24, 2.45) is 5.73 Å². The quantitative estimate of drug-likeness (QED) is 0.825. The summed E-state index contributed by atoms with van der Waals surface area (Å²) in [5.74, 6) is -0.129. The summed E-state index contributed by atoms with van der Waals surface area (Å²) >= 11 is 0. The van der Waals surface area contributed by atoms with Crippen molar-refractivity contribution in [3.8, 4) is 0 Å². The first-order valence-corrected chi connectivity index (χ1v) is 7.67. The summed E-state index contributed by atoms with van der Waals surface area (Å²) in [6, 6.07) is 6.95. The fourth-order valence-corrected chi connectivity index (χ4v) is 2.75. The first-order valence-electron chi connectivity index (χ1n) is 7.67. The van der Waals surface area contributed by atoms with Crippen molar-refractivity contribution in [2.45, 2.75) is 19.3 Å². The molecule has 1 saturated heterocycles. The molecule has 0 bridgehead atoms. The third kappa shape index (κ3) is 5.19. The minimum absolute atomic E-state index is 0.129. The van der Waals surface area contributed by atoms with Crippen LogP contribution in [0.5, 0.6) is 0 Å². The Hall–Kier alpha value is -0.970. The molecule has 1 fully saturated rings. The van der Waals surface area contributed by atoms with Gasteiger partial charge in [0.2, 0.25) is 0 Å². The normalized spacial score (nSPS) is 17.5. The molecule has 0 unspecified atom stereocenters. The monoisotopic (exact) mass is 279 g/mol. The third-order valence-electron chi connectivity index (χ3n) is 3.97. The van der Waals surface area contributed by atoms with Crippen molar-refractivity contribution in [1.29, 1.82) is 0 Å². The topological polar surface area (TPSA) is 32.5 Å². The maximum atomic E-state index is 13.1. The van der Waals surface area contributed by atoms with E-state index in [0.717, 1.165) is 70.6 Å². The molecule has 1 aromatic carbocycles. The summed E-state index contributed by atoms with van der Waals surface area (Å²) in [6.07, 6.45) is 3.16. The summed E-state index contributed by atoms with van der Waals surface area (Å²) in [5.41, 5.74) is 6.64. The van der Waals surface area contributed by atoms with Crippen molar-refractivity contribution in [1.82, 2.24) is 9.80 Å². The molecule has 0 radical (unpaired) electrons. The molecular formula is C16H26FN3. The van der Waals surface area contributed by atoms with Crippen LogP contribution >= 0.6 is 0 Å². The van der Waals surface area contributed by atoms with E-state index < -0.39 is 0 Å². The van der Waals surface area contributed by atoms with Gasteiger partial charge in [0.25, 0.3) is 0 Å². The van der Waals surface area contributed by atoms with Crippen LogP contribution in [0.3, 0.4) is 0 Å². The van der Waals surface area contributed by atoms with E-state index in [9.17, 15) is 4.39 Å². The molecule has 0 atom stereocenters. The van der Waals surface area contributed by atoms with Gasteiger partial charge in [-0.05, 0) is 56.6 Å². The van der Waals surface area contributed by atoms with Crippen LogP contribution in [0.25, 0.3) is 0 Å². The molecule has 3 nitrogen and oxygen atoms in total. The molecule has 4 heteroatoms. The molecule has 1 aliphatic rings. The highest BCUT2D eigenvalue weighted by Crippen LogP contribution is 2.08. The lowest BCUT2D eigenvalue weighted by molar-refractivity contribution is 0.131. The van der Waals surface area contributed by atoms with Gasteiger partial charge in [-0.1, -0.05) is 12.1 Å². The van der Waals surface area contributed by atoms with Gasteiger partial charge in [-0.15, -0.1) is 0 Å². The van der Waals surface area contributed by atoms with E-state index in [1.54, 1.807) is 12.1 Å². The molecular weight excluding hydrogens is 253 g/mol. The Bertz CT molecular complexity index is 389. The molecule has 2 rings (SSSR count). The number of hydrogen-bond acceptors (Lipinski definition) is 3. The Morgan fingerprint density at radius 1 is 1.00 bits per heavy atom. The maximum Gasteiger partial charge on any atom is 0.123 e. The summed E-state index contributed by atoms with van der Waals surface area (Å²) in [7, 11) is 0. The first kappa shape index (κ1) is 15.4. The van der Waals surface area contributed by atoms with Crippen LogP contribution in [0.2, 0.25) is 0 Å².